The molecule has 0 radical (unpaired) electrons. The van der Waals surface area contributed by atoms with Crippen LogP contribution in [0, 0.1) is 0 Å². The second-order valence-corrected chi connectivity index (χ2v) is 5.20. The van der Waals surface area contributed by atoms with Crippen molar-refractivity contribution in [3.05, 3.63) is 23.8 Å². The second-order valence-electron chi connectivity index (χ2n) is 5.20. The molecule has 0 aliphatic carbocycles. The highest BCUT2D eigenvalue weighted by Crippen LogP contribution is 2.30. The lowest BCUT2D eigenvalue weighted by Crippen LogP contribution is -2.38. The Morgan fingerprint density at radius 3 is 2.33 bits per heavy atom. The van der Waals surface area contributed by atoms with Crippen molar-refractivity contribution in [2.45, 2.75) is 47.1 Å². The Hall–Kier alpha value is -1.18. The Morgan fingerprint density at radius 2 is 1.75 bits per heavy atom. The molecule has 0 spiro atoms. The fourth-order valence-electron chi connectivity index (χ4n) is 2.17. The number of guanidine groups is 1. The lowest BCUT2D eigenvalue weighted by molar-refractivity contribution is 0.287. The van der Waals surface area contributed by atoms with Gasteiger partial charge in [-0.1, -0.05) is 13.0 Å². The number of benzene rings is 1. The summed E-state index contributed by atoms with van der Waals surface area (Å²) in [5.74, 6) is 2.42. The molecule has 1 unspecified atom stereocenters. The van der Waals surface area contributed by atoms with Gasteiger partial charge in [0.1, 0.15) is 0 Å². The maximum Gasteiger partial charge on any atom is 0.191 e. The maximum atomic E-state index is 5.70. The lowest BCUT2D eigenvalue weighted by Gasteiger charge is -2.20. The predicted octanol–water partition coefficient (Wildman–Crippen LogP) is 4.13. The third-order valence-corrected chi connectivity index (χ3v) is 3.26. The number of aliphatic imine (C=N–C) groups is 1. The number of hydrogen-bond acceptors (Lipinski definition) is 3. The minimum absolute atomic E-state index is 0. The zero-order valence-corrected chi connectivity index (χ0v) is 17.8. The summed E-state index contributed by atoms with van der Waals surface area (Å²) in [6, 6.07) is 6.20. The maximum absolute atomic E-state index is 5.70. The van der Waals surface area contributed by atoms with Crippen LogP contribution in [0.25, 0.3) is 0 Å². The molecule has 0 bridgehead atoms. The van der Waals surface area contributed by atoms with Gasteiger partial charge in [-0.05, 0) is 51.8 Å². The van der Waals surface area contributed by atoms with Crippen LogP contribution in [-0.4, -0.2) is 32.3 Å². The Kier molecular flexibility index (Phi) is 12.5. The van der Waals surface area contributed by atoms with Crippen molar-refractivity contribution in [3.63, 3.8) is 0 Å². The number of ether oxygens (including phenoxy) is 2. The zero-order valence-electron chi connectivity index (χ0n) is 15.5. The van der Waals surface area contributed by atoms with Gasteiger partial charge < -0.3 is 20.1 Å². The van der Waals surface area contributed by atoms with Gasteiger partial charge in [-0.25, -0.2) is 0 Å². The number of hydrogen-bond donors (Lipinski definition) is 2. The van der Waals surface area contributed by atoms with Crippen LogP contribution < -0.4 is 20.1 Å². The van der Waals surface area contributed by atoms with Crippen molar-refractivity contribution in [2.75, 3.05) is 26.3 Å². The molecule has 0 amide bonds. The van der Waals surface area contributed by atoms with Crippen molar-refractivity contribution < 1.29 is 9.47 Å². The van der Waals surface area contributed by atoms with Crippen molar-refractivity contribution in [1.29, 1.82) is 0 Å². The molecule has 0 aliphatic rings. The SMILES string of the molecule is CCCN=C(NCC)NC(C)c1ccc(OCC)c(OCC)c1.I. The van der Waals surface area contributed by atoms with Gasteiger partial charge in [0.2, 0.25) is 0 Å². The Balaban J connectivity index is 0.00000529. The van der Waals surface area contributed by atoms with E-state index >= 15 is 0 Å². The molecule has 138 valence electrons. The van der Waals surface area contributed by atoms with Gasteiger partial charge >= 0.3 is 0 Å². The average molecular weight is 449 g/mol. The van der Waals surface area contributed by atoms with E-state index < -0.39 is 0 Å². The van der Waals surface area contributed by atoms with E-state index in [2.05, 4.69) is 42.5 Å². The summed E-state index contributed by atoms with van der Waals surface area (Å²) in [5, 5.41) is 6.70. The van der Waals surface area contributed by atoms with Crippen LogP contribution >= 0.6 is 24.0 Å². The summed E-state index contributed by atoms with van der Waals surface area (Å²) in [6.07, 6.45) is 1.03. The van der Waals surface area contributed by atoms with E-state index in [1.54, 1.807) is 0 Å². The van der Waals surface area contributed by atoms with E-state index in [4.69, 9.17) is 9.47 Å². The first-order valence-corrected chi connectivity index (χ1v) is 8.60. The first kappa shape index (κ1) is 22.8. The first-order chi connectivity index (χ1) is 11.2. The first-order valence-electron chi connectivity index (χ1n) is 8.60. The molecule has 1 atom stereocenters. The van der Waals surface area contributed by atoms with Gasteiger partial charge in [-0.2, -0.15) is 0 Å². The number of nitrogens with one attached hydrogen (secondary N) is 2. The zero-order chi connectivity index (χ0) is 17.1. The third kappa shape index (κ3) is 7.59. The Labute approximate surface area is 163 Å². The van der Waals surface area contributed by atoms with Gasteiger partial charge in [0.05, 0.1) is 19.3 Å². The van der Waals surface area contributed by atoms with E-state index in [1.807, 2.05) is 26.0 Å². The van der Waals surface area contributed by atoms with Crippen LogP contribution in [0.15, 0.2) is 23.2 Å². The molecule has 0 saturated heterocycles. The van der Waals surface area contributed by atoms with Gasteiger partial charge in [0.25, 0.3) is 0 Å². The molecular weight excluding hydrogens is 417 g/mol. The van der Waals surface area contributed by atoms with Crippen LogP contribution in [-0.2, 0) is 0 Å². The van der Waals surface area contributed by atoms with Gasteiger partial charge in [-0.3, -0.25) is 4.99 Å². The predicted molar refractivity (Wildman–Crippen MR) is 112 cm³/mol. The molecule has 0 fully saturated rings. The van der Waals surface area contributed by atoms with Crippen molar-refractivity contribution in [2.24, 2.45) is 4.99 Å². The Morgan fingerprint density at radius 1 is 1.08 bits per heavy atom. The summed E-state index contributed by atoms with van der Waals surface area (Å²) in [6.45, 7) is 13.2. The van der Waals surface area contributed by atoms with Gasteiger partial charge in [0, 0.05) is 13.1 Å². The summed E-state index contributed by atoms with van der Waals surface area (Å²) in [4.78, 5) is 4.54. The standard InChI is InChI=1S/C18H31N3O2.HI/c1-6-12-20-18(19-7-2)21-14(5)15-10-11-16(22-8-3)17(13-15)23-9-4;/h10-11,13-14H,6-9,12H2,1-5H3,(H2,19,20,21);1H. The topological polar surface area (TPSA) is 54.9 Å². The number of halogens is 1. The molecule has 1 rings (SSSR count). The number of rotatable bonds is 9. The van der Waals surface area contributed by atoms with Crippen molar-refractivity contribution in [3.8, 4) is 11.5 Å². The molecule has 0 saturated carbocycles. The molecule has 1 aromatic rings. The van der Waals surface area contributed by atoms with Crippen LogP contribution in [0.3, 0.4) is 0 Å². The molecule has 2 N–H and O–H groups in total. The normalized spacial score (nSPS) is 12.1. The van der Waals surface area contributed by atoms with E-state index in [0.29, 0.717) is 13.2 Å². The molecule has 0 heterocycles. The van der Waals surface area contributed by atoms with Gasteiger partial charge in [-0.15, -0.1) is 24.0 Å². The quantitative estimate of drug-likeness (QED) is 0.338. The summed E-state index contributed by atoms with van der Waals surface area (Å²) >= 11 is 0. The molecular formula is C18H32IN3O2. The summed E-state index contributed by atoms with van der Waals surface area (Å²) < 4.78 is 11.3. The lowest BCUT2D eigenvalue weighted by atomic mass is 10.1. The van der Waals surface area contributed by atoms with Crippen LogP contribution in [0.4, 0.5) is 0 Å². The van der Waals surface area contributed by atoms with Crippen LogP contribution in [0.2, 0.25) is 0 Å². The molecule has 1 aromatic carbocycles. The number of nitrogens with zero attached hydrogens (tertiary/aromatic N) is 1. The Bertz CT molecular complexity index is 495. The summed E-state index contributed by atoms with van der Waals surface area (Å²) in [5.41, 5.74) is 1.14. The minimum Gasteiger partial charge on any atom is -0.490 e. The molecule has 0 aromatic heterocycles. The molecule has 5 nitrogen and oxygen atoms in total. The van der Waals surface area contributed by atoms with E-state index in [9.17, 15) is 0 Å². The summed E-state index contributed by atoms with van der Waals surface area (Å²) in [7, 11) is 0. The molecule has 6 heteroatoms. The monoisotopic (exact) mass is 449 g/mol. The second kappa shape index (κ2) is 13.1. The van der Waals surface area contributed by atoms with E-state index in [0.717, 1.165) is 42.5 Å². The fraction of sp³-hybridized carbons (Fsp3) is 0.611. The van der Waals surface area contributed by atoms with E-state index in [1.165, 1.54) is 0 Å². The fourth-order valence-corrected chi connectivity index (χ4v) is 2.17. The largest absolute Gasteiger partial charge is 0.490 e. The van der Waals surface area contributed by atoms with Crippen molar-refractivity contribution in [1.82, 2.24) is 10.6 Å². The smallest absolute Gasteiger partial charge is 0.191 e. The van der Waals surface area contributed by atoms with E-state index in [-0.39, 0.29) is 30.0 Å². The third-order valence-electron chi connectivity index (χ3n) is 3.26. The highest BCUT2D eigenvalue weighted by Gasteiger charge is 2.12. The minimum atomic E-state index is 0. The van der Waals surface area contributed by atoms with Crippen molar-refractivity contribution >= 4 is 29.9 Å². The highest BCUT2D eigenvalue weighted by molar-refractivity contribution is 14.0. The van der Waals surface area contributed by atoms with Gasteiger partial charge in [0.15, 0.2) is 17.5 Å². The van der Waals surface area contributed by atoms with Crippen LogP contribution in [0.1, 0.15) is 52.6 Å². The highest BCUT2D eigenvalue weighted by atomic mass is 127. The molecule has 0 aliphatic heterocycles. The average Bonchev–Trinajstić information content (AvgIpc) is 2.54. The molecule has 24 heavy (non-hydrogen) atoms. The van der Waals surface area contributed by atoms with Crippen LogP contribution in [0.5, 0.6) is 11.5 Å².